The standard InChI is InChI=1S/C27H40N4O6/c1-2-9-29-10-5-7-20-21(24(29)33)22-25(34)31(12-3-4-17-32)23-26(35)30(11-6-8-27(22,23)37-20)14-13-28-15-18-36-19-16-28/h5-8,20-23,32H,2-4,9-19H2,1H3/t20-,21+,22+,23?,27+/m1/s1. The Morgan fingerprint density at radius 3 is 2.46 bits per heavy atom. The zero-order chi connectivity index (χ0) is 26.0. The highest BCUT2D eigenvalue weighted by Gasteiger charge is 2.71. The van der Waals surface area contributed by atoms with Crippen molar-refractivity contribution >= 4 is 17.7 Å². The van der Waals surface area contributed by atoms with Crippen molar-refractivity contribution in [1.29, 1.82) is 0 Å². The van der Waals surface area contributed by atoms with Crippen LogP contribution in [0, 0.1) is 11.8 Å². The van der Waals surface area contributed by atoms with E-state index in [0.29, 0.717) is 58.8 Å². The van der Waals surface area contributed by atoms with Gasteiger partial charge in [-0.15, -0.1) is 0 Å². The van der Waals surface area contributed by atoms with Crippen LogP contribution in [0.2, 0.25) is 0 Å². The molecule has 37 heavy (non-hydrogen) atoms. The number of morpholine rings is 1. The number of hydrogen-bond acceptors (Lipinski definition) is 7. The van der Waals surface area contributed by atoms with E-state index in [0.717, 1.165) is 26.1 Å². The molecule has 3 fully saturated rings. The summed E-state index contributed by atoms with van der Waals surface area (Å²) in [6.07, 6.45) is 9.11. The first-order valence-corrected chi connectivity index (χ1v) is 13.8. The molecule has 204 valence electrons. The summed E-state index contributed by atoms with van der Waals surface area (Å²) < 4.78 is 12.1. The van der Waals surface area contributed by atoms with E-state index in [-0.39, 0.29) is 24.3 Å². The topological polar surface area (TPSA) is 103 Å². The van der Waals surface area contributed by atoms with Gasteiger partial charge >= 0.3 is 0 Å². The number of carbonyl (C=O) groups excluding carboxylic acids is 3. The normalized spacial score (nSPS) is 34.0. The Labute approximate surface area is 218 Å². The summed E-state index contributed by atoms with van der Waals surface area (Å²) in [7, 11) is 0. The van der Waals surface area contributed by atoms with Crippen LogP contribution < -0.4 is 0 Å². The monoisotopic (exact) mass is 516 g/mol. The summed E-state index contributed by atoms with van der Waals surface area (Å²) in [6, 6.07) is -0.820. The molecule has 0 radical (unpaired) electrons. The van der Waals surface area contributed by atoms with Crippen molar-refractivity contribution in [3.05, 3.63) is 24.3 Å². The van der Waals surface area contributed by atoms with Gasteiger partial charge in [-0.2, -0.15) is 0 Å². The molecule has 3 saturated heterocycles. The van der Waals surface area contributed by atoms with Crippen molar-refractivity contribution in [2.45, 2.75) is 43.9 Å². The van der Waals surface area contributed by atoms with Gasteiger partial charge in [0, 0.05) is 59.0 Å². The van der Waals surface area contributed by atoms with E-state index in [2.05, 4.69) is 4.90 Å². The molecule has 0 aromatic carbocycles. The first kappa shape index (κ1) is 26.3. The Morgan fingerprint density at radius 2 is 1.70 bits per heavy atom. The van der Waals surface area contributed by atoms with Gasteiger partial charge in [-0.3, -0.25) is 19.3 Å². The Hall–Kier alpha value is -2.27. The molecule has 1 N–H and O–H groups in total. The van der Waals surface area contributed by atoms with E-state index in [4.69, 9.17) is 9.47 Å². The molecule has 0 aromatic rings. The average molecular weight is 517 g/mol. The molecule has 5 atom stereocenters. The van der Waals surface area contributed by atoms with Gasteiger partial charge in [-0.25, -0.2) is 0 Å². The molecule has 5 aliphatic rings. The third-order valence-corrected chi connectivity index (χ3v) is 8.42. The molecule has 0 aromatic heterocycles. The van der Waals surface area contributed by atoms with Crippen LogP contribution in [0.25, 0.3) is 0 Å². The number of carbonyl (C=O) groups is 3. The highest BCUT2D eigenvalue weighted by molar-refractivity contribution is 5.99. The summed E-state index contributed by atoms with van der Waals surface area (Å²) in [5.41, 5.74) is -1.17. The predicted molar refractivity (Wildman–Crippen MR) is 135 cm³/mol. The maximum Gasteiger partial charge on any atom is 0.249 e. The van der Waals surface area contributed by atoms with Gasteiger partial charge in [0.1, 0.15) is 11.6 Å². The van der Waals surface area contributed by atoms with Gasteiger partial charge in [0.2, 0.25) is 17.7 Å². The number of rotatable bonds is 9. The molecule has 1 unspecified atom stereocenters. The highest BCUT2D eigenvalue weighted by atomic mass is 16.5. The fraction of sp³-hybridized carbons (Fsp3) is 0.741. The van der Waals surface area contributed by atoms with Crippen molar-refractivity contribution < 1.29 is 29.0 Å². The van der Waals surface area contributed by atoms with Crippen LogP contribution in [0.15, 0.2) is 24.3 Å². The number of aliphatic hydroxyl groups is 1. The van der Waals surface area contributed by atoms with Gasteiger partial charge in [-0.05, 0) is 19.3 Å². The molecule has 0 saturated carbocycles. The minimum atomic E-state index is -1.17. The minimum absolute atomic E-state index is 0.0250. The molecule has 10 heteroatoms. The van der Waals surface area contributed by atoms with Gasteiger partial charge in [0.25, 0.3) is 0 Å². The molecule has 5 rings (SSSR count). The number of nitrogens with zero attached hydrogens (tertiary/aromatic N) is 4. The third-order valence-electron chi connectivity index (χ3n) is 8.42. The number of hydrogen-bond donors (Lipinski definition) is 1. The van der Waals surface area contributed by atoms with Gasteiger partial charge < -0.3 is 29.3 Å². The molecule has 10 nitrogen and oxygen atoms in total. The fourth-order valence-electron chi connectivity index (χ4n) is 6.63. The van der Waals surface area contributed by atoms with E-state index in [1.54, 1.807) is 9.80 Å². The largest absolute Gasteiger partial charge is 0.396 e. The van der Waals surface area contributed by atoms with E-state index < -0.39 is 29.6 Å². The quantitative estimate of drug-likeness (QED) is 0.337. The summed E-state index contributed by atoms with van der Waals surface area (Å²) in [5, 5.41) is 9.35. The summed E-state index contributed by atoms with van der Waals surface area (Å²) in [4.78, 5) is 49.5. The third kappa shape index (κ3) is 4.73. The molecule has 1 spiro atoms. The Bertz CT molecular complexity index is 934. The fourth-order valence-corrected chi connectivity index (χ4v) is 6.63. The first-order valence-electron chi connectivity index (χ1n) is 13.8. The second kappa shape index (κ2) is 11.2. The van der Waals surface area contributed by atoms with Gasteiger partial charge in [0.05, 0.1) is 31.2 Å². The number of likely N-dealkylation sites (tertiary alicyclic amines) is 1. The maximum absolute atomic E-state index is 14.2. The molecule has 0 bridgehead atoms. The molecule has 0 aliphatic carbocycles. The Morgan fingerprint density at radius 1 is 0.946 bits per heavy atom. The zero-order valence-corrected chi connectivity index (χ0v) is 21.8. The van der Waals surface area contributed by atoms with Crippen molar-refractivity contribution in [3.63, 3.8) is 0 Å². The highest BCUT2D eigenvalue weighted by Crippen LogP contribution is 2.53. The molecular formula is C27H40N4O6. The molecule has 3 amide bonds. The minimum Gasteiger partial charge on any atom is -0.396 e. The van der Waals surface area contributed by atoms with Gasteiger partial charge in [0.15, 0.2) is 0 Å². The van der Waals surface area contributed by atoms with Crippen molar-refractivity contribution in [3.8, 4) is 0 Å². The molecule has 5 heterocycles. The number of unbranched alkanes of at least 4 members (excludes halogenated alkanes) is 1. The van der Waals surface area contributed by atoms with Crippen LogP contribution in [-0.2, 0) is 23.9 Å². The smallest absolute Gasteiger partial charge is 0.249 e. The van der Waals surface area contributed by atoms with Gasteiger partial charge in [-0.1, -0.05) is 31.2 Å². The lowest BCUT2D eigenvalue weighted by molar-refractivity contribution is -0.148. The first-order chi connectivity index (χ1) is 18.0. The lowest BCUT2D eigenvalue weighted by Crippen LogP contribution is -2.56. The summed E-state index contributed by atoms with van der Waals surface area (Å²) in [6.45, 7) is 8.34. The van der Waals surface area contributed by atoms with Crippen molar-refractivity contribution in [2.75, 3.05) is 72.2 Å². The second-order valence-corrected chi connectivity index (χ2v) is 10.7. The Balaban J connectivity index is 1.45. The van der Waals surface area contributed by atoms with Crippen LogP contribution in [0.4, 0.5) is 0 Å². The van der Waals surface area contributed by atoms with Crippen LogP contribution in [0.1, 0.15) is 26.2 Å². The van der Waals surface area contributed by atoms with Crippen molar-refractivity contribution in [2.24, 2.45) is 11.8 Å². The lowest BCUT2D eigenvalue weighted by Gasteiger charge is -2.36. The van der Waals surface area contributed by atoms with E-state index in [9.17, 15) is 19.5 Å². The summed E-state index contributed by atoms with van der Waals surface area (Å²) in [5.74, 6) is -1.79. The SMILES string of the molecule is CCCN1CC=C[C@H]2O[C@]34C=CCN(CCN5CCOCC5)C(=O)C3N(CCCCO)C(=O)[C@@H]4[C@H]2C1=O. The van der Waals surface area contributed by atoms with Crippen molar-refractivity contribution in [1.82, 2.24) is 19.6 Å². The number of amides is 3. The summed E-state index contributed by atoms with van der Waals surface area (Å²) >= 11 is 0. The number of fused-ring (bicyclic) bond motifs is 2. The predicted octanol–water partition coefficient (Wildman–Crippen LogP) is -0.121. The maximum atomic E-state index is 14.2. The Kier molecular flexibility index (Phi) is 7.99. The van der Waals surface area contributed by atoms with Crippen LogP contribution in [0.5, 0.6) is 0 Å². The van der Waals surface area contributed by atoms with E-state index in [1.807, 2.05) is 36.1 Å². The number of aliphatic hydroxyl groups excluding tert-OH is 1. The van der Waals surface area contributed by atoms with E-state index >= 15 is 0 Å². The van der Waals surface area contributed by atoms with Crippen LogP contribution in [-0.4, -0.2) is 132 Å². The molecular weight excluding hydrogens is 476 g/mol. The zero-order valence-electron chi connectivity index (χ0n) is 21.8. The second-order valence-electron chi connectivity index (χ2n) is 10.7. The lowest BCUT2D eigenvalue weighted by atomic mass is 9.77. The van der Waals surface area contributed by atoms with Crippen LogP contribution in [0.3, 0.4) is 0 Å². The van der Waals surface area contributed by atoms with Crippen LogP contribution >= 0.6 is 0 Å². The van der Waals surface area contributed by atoms with E-state index in [1.165, 1.54) is 0 Å². The molecule has 5 aliphatic heterocycles. The average Bonchev–Trinajstić information content (AvgIpc) is 3.22. The number of ether oxygens (including phenoxy) is 2.